The second-order valence-corrected chi connectivity index (χ2v) is 11.9. The number of urea groups is 1. The van der Waals surface area contributed by atoms with Gasteiger partial charge in [0, 0.05) is 17.5 Å². The number of hydrogen-bond acceptors (Lipinski definition) is 5. The molecule has 2 amide bonds. The zero-order valence-corrected chi connectivity index (χ0v) is 21.4. The molecule has 7 nitrogen and oxygen atoms in total. The Bertz CT molecular complexity index is 1120. The Labute approximate surface area is 197 Å². The zero-order valence-electron chi connectivity index (χ0n) is 19.7. The fourth-order valence-corrected chi connectivity index (χ4v) is 5.46. The topological polar surface area (TPSA) is 114 Å². The molecule has 0 fully saturated rings. The Morgan fingerprint density at radius 2 is 1.70 bits per heavy atom. The summed E-state index contributed by atoms with van der Waals surface area (Å²) in [5.41, 5.74) is 0.374. The van der Waals surface area contributed by atoms with Gasteiger partial charge in [-0.3, -0.25) is 0 Å². The van der Waals surface area contributed by atoms with Gasteiger partial charge in [0.05, 0.1) is 5.60 Å². The molecule has 0 aliphatic carbocycles. The number of carbonyl (C=O) groups excluding carboxylic acids is 1. The van der Waals surface area contributed by atoms with E-state index < -0.39 is 37.9 Å². The average Bonchev–Trinajstić information content (AvgIpc) is 3.04. The molecule has 0 aliphatic heterocycles. The molecular weight excluding hydrogens is 472 g/mol. The van der Waals surface area contributed by atoms with Crippen LogP contribution in [0.2, 0.25) is 0 Å². The normalized spacial score (nSPS) is 14.8. The molecule has 4 N–H and O–H groups in total. The summed E-state index contributed by atoms with van der Waals surface area (Å²) in [7, 11) is -3.92. The van der Waals surface area contributed by atoms with Crippen LogP contribution in [0.4, 0.5) is 19.3 Å². The van der Waals surface area contributed by atoms with Crippen LogP contribution in [0.15, 0.2) is 26.8 Å². The van der Waals surface area contributed by atoms with E-state index in [9.17, 15) is 22.9 Å². The monoisotopic (exact) mass is 503 g/mol. The zero-order chi connectivity index (χ0) is 25.3. The van der Waals surface area contributed by atoms with Gasteiger partial charge in [0.15, 0.2) is 19.9 Å². The van der Waals surface area contributed by atoms with Crippen LogP contribution in [0.1, 0.15) is 76.3 Å². The van der Waals surface area contributed by atoms with Crippen molar-refractivity contribution in [3.63, 3.8) is 0 Å². The highest BCUT2D eigenvalue weighted by Gasteiger charge is 2.27. The predicted molar refractivity (Wildman–Crippen MR) is 127 cm³/mol. The van der Waals surface area contributed by atoms with Crippen molar-refractivity contribution in [2.45, 2.75) is 76.5 Å². The van der Waals surface area contributed by atoms with Gasteiger partial charge in [-0.05, 0) is 55.0 Å². The highest BCUT2D eigenvalue weighted by atomic mass is 32.2. The van der Waals surface area contributed by atoms with Crippen LogP contribution in [0.25, 0.3) is 0 Å². The van der Waals surface area contributed by atoms with Crippen molar-refractivity contribution >= 4 is 33.0 Å². The van der Waals surface area contributed by atoms with Crippen molar-refractivity contribution < 1.29 is 27.6 Å². The molecule has 2 unspecified atom stereocenters. The summed E-state index contributed by atoms with van der Waals surface area (Å²) < 4.78 is 49.1. The number of thiophene rings is 1. The van der Waals surface area contributed by atoms with Crippen LogP contribution in [-0.4, -0.2) is 21.7 Å². The summed E-state index contributed by atoms with van der Waals surface area (Å²) in [5, 5.41) is 18.5. The lowest BCUT2D eigenvalue weighted by molar-refractivity contribution is 0.0822. The highest BCUT2D eigenvalue weighted by molar-refractivity contribution is 7.93. The standard InChI is InChI=1S/C22H31F2N3O4S2/c1-11(2)15-8-14(31-13(5)23)9-16(12(3)4)19(15)26-21(28)27-33(25,30)20-17(24)10-18(32-20)22(6,7)29/h8-13,29H,1-7H3,(H3,25,26,27,28,30). The third kappa shape index (κ3) is 6.72. The van der Waals surface area contributed by atoms with Crippen LogP contribution in [0, 0.1) is 5.82 Å². The minimum Gasteiger partial charge on any atom is -0.461 e. The molecular formula is C22H31F2N3O4S2. The molecule has 0 spiro atoms. The van der Waals surface area contributed by atoms with E-state index in [0.29, 0.717) is 33.9 Å². The Morgan fingerprint density at radius 1 is 1.18 bits per heavy atom. The summed E-state index contributed by atoms with van der Waals surface area (Å²) >= 11 is 0.694. The lowest BCUT2D eigenvalue weighted by Crippen LogP contribution is -2.19. The molecule has 1 aromatic heterocycles. The molecule has 0 bridgehead atoms. The summed E-state index contributed by atoms with van der Waals surface area (Å²) in [5.74, 6) is -0.756. The number of alkyl halides is 1. The SMILES string of the molecule is CC(F)Oc1cc(C(C)C)c(NC(=O)N=S(N)(=O)c2sc(C(C)(C)O)cc2F)c(C(C)C)c1. The van der Waals surface area contributed by atoms with E-state index in [1.807, 2.05) is 27.7 Å². The van der Waals surface area contributed by atoms with Crippen LogP contribution in [-0.2, 0) is 15.5 Å². The molecule has 33 heavy (non-hydrogen) atoms. The average molecular weight is 504 g/mol. The number of benzene rings is 1. The molecule has 1 aromatic carbocycles. The van der Waals surface area contributed by atoms with Gasteiger partial charge in [-0.1, -0.05) is 27.7 Å². The molecule has 0 saturated heterocycles. The summed E-state index contributed by atoms with van der Waals surface area (Å²) in [6.07, 6.45) is -1.52. The molecule has 1 heterocycles. The number of ether oxygens (including phenoxy) is 1. The second-order valence-electron chi connectivity index (χ2n) is 8.84. The summed E-state index contributed by atoms with van der Waals surface area (Å²) in [6.45, 7) is 11.7. The van der Waals surface area contributed by atoms with Crippen molar-refractivity contribution in [2.24, 2.45) is 9.50 Å². The third-order valence-electron chi connectivity index (χ3n) is 4.69. The Balaban J connectivity index is 2.52. The lowest BCUT2D eigenvalue weighted by Gasteiger charge is -2.22. The number of carbonyl (C=O) groups is 1. The molecule has 2 rings (SSSR count). The fourth-order valence-electron chi connectivity index (χ4n) is 3.12. The van der Waals surface area contributed by atoms with Gasteiger partial charge in [0.25, 0.3) is 0 Å². The first-order valence-corrected chi connectivity index (χ1v) is 12.8. The van der Waals surface area contributed by atoms with E-state index in [1.165, 1.54) is 20.8 Å². The molecule has 11 heteroatoms. The van der Waals surface area contributed by atoms with Gasteiger partial charge in [0.2, 0.25) is 6.36 Å². The van der Waals surface area contributed by atoms with Crippen molar-refractivity contribution in [3.8, 4) is 5.75 Å². The first kappa shape index (κ1) is 27.2. The van der Waals surface area contributed by atoms with E-state index in [2.05, 4.69) is 9.68 Å². The number of halogens is 2. The second kappa shape index (κ2) is 10.0. The Kier molecular flexibility index (Phi) is 8.27. The maximum Gasteiger partial charge on any atom is 0.354 e. The van der Waals surface area contributed by atoms with E-state index in [4.69, 9.17) is 9.88 Å². The van der Waals surface area contributed by atoms with Gasteiger partial charge in [0.1, 0.15) is 5.75 Å². The minimum absolute atomic E-state index is 0.0809. The van der Waals surface area contributed by atoms with Crippen LogP contribution >= 0.6 is 11.3 Å². The fraction of sp³-hybridized carbons (Fsp3) is 0.500. The lowest BCUT2D eigenvalue weighted by atomic mass is 9.92. The number of anilines is 1. The molecule has 2 atom stereocenters. The minimum atomic E-state index is -3.92. The molecule has 0 radical (unpaired) electrons. The van der Waals surface area contributed by atoms with Crippen LogP contribution < -0.4 is 15.2 Å². The van der Waals surface area contributed by atoms with Gasteiger partial charge in [-0.15, -0.1) is 15.7 Å². The quantitative estimate of drug-likeness (QED) is 0.431. The van der Waals surface area contributed by atoms with E-state index in [-0.39, 0.29) is 16.7 Å². The largest absolute Gasteiger partial charge is 0.461 e. The van der Waals surface area contributed by atoms with Gasteiger partial charge >= 0.3 is 6.03 Å². The Morgan fingerprint density at radius 3 is 2.09 bits per heavy atom. The number of nitrogens with zero attached hydrogens (tertiary/aromatic N) is 1. The maximum absolute atomic E-state index is 14.4. The van der Waals surface area contributed by atoms with E-state index >= 15 is 0 Å². The smallest absolute Gasteiger partial charge is 0.354 e. The number of nitrogens with two attached hydrogens (primary N) is 1. The third-order valence-corrected chi connectivity index (χ3v) is 8.04. The van der Waals surface area contributed by atoms with Crippen LogP contribution in [0.5, 0.6) is 5.75 Å². The van der Waals surface area contributed by atoms with Crippen molar-refractivity contribution in [1.82, 2.24) is 0 Å². The van der Waals surface area contributed by atoms with E-state index in [1.54, 1.807) is 12.1 Å². The first-order valence-electron chi connectivity index (χ1n) is 10.4. The molecule has 0 aliphatic rings. The number of aliphatic hydroxyl groups is 1. The number of hydrogen-bond donors (Lipinski definition) is 3. The van der Waals surface area contributed by atoms with Crippen LogP contribution in [0.3, 0.4) is 0 Å². The molecule has 2 aromatic rings. The van der Waals surface area contributed by atoms with Crippen molar-refractivity contribution in [3.05, 3.63) is 40.0 Å². The maximum atomic E-state index is 14.4. The van der Waals surface area contributed by atoms with Crippen molar-refractivity contribution in [2.75, 3.05) is 5.32 Å². The molecule has 184 valence electrons. The summed E-state index contributed by atoms with van der Waals surface area (Å²) in [6, 6.07) is 3.25. The highest BCUT2D eigenvalue weighted by Crippen LogP contribution is 2.37. The van der Waals surface area contributed by atoms with Gasteiger partial charge in [-0.25, -0.2) is 22.9 Å². The van der Waals surface area contributed by atoms with E-state index in [0.717, 1.165) is 6.07 Å². The number of nitrogens with one attached hydrogen (secondary N) is 1. The van der Waals surface area contributed by atoms with Gasteiger partial charge < -0.3 is 15.2 Å². The summed E-state index contributed by atoms with van der Waals surface area (Å²) in [4.78, 5) is 12.9. The Hall–Kier alpha value is -2.08. The molecule has 0 saturated carbocycles. The first-order chi connectivity index (χ1) is 15.0. The predicted octanol–water partition coefficient (Wildman–Crippen LogP) is 5.99. The van der Waals surface area contributed by atoms with Crippen molar-refractivity contribution in [1.29, 1.82) is 0 Å². The number of rotatable bonds is 7. The number of amides is 2. The van der Waals surface area contributed by atoms with Gasteiger partial charge in [-0.2, -0.15) is 0 Å².